The van der Waals surface area contributed by atoms with E-state index in [-0.39, 0.29) is 0 Å². The molecule has 1 aliphatic heterocycles. The molecule has 0 aromatic heterocycles. The number of carboxylic acid groups (broad SMARTS) is 1. The van der Waals surface area contributed by atoms with Crippen molar-refractivity contribution in [3.05, 3.63) is 0 Å². The van der Waals surface area contributed by atoms with E-state index in [1.54, 1.807) is 0 Å². The average molecular weight is 336 g/mol. The summed E-state index contributed by atoms with van der Waals surface area (Å²) in [7, 11) is 0. The molecule has 0 radical (unpaired) electrons. The van der Waals surface area contributed by atoms with Crippen molar-refractivity contribution in [1.29, 1.82) is 0 Å². The van der Waals surface area contributed by atoms with Gasteiger partial charge in [-0.3, -0.25) is 4.79 Å². The molecule has 1 heterocycles. The largest absolute Gasteiger partial charge is 0.481 e. The van der Waals surface area contributed by atoms with Gasteiger partial charge in [0.25, 0.3) is 0 Å². The van der Waals surface area contributed by atoms with Crippen LogP contribution < -0.4 is 5.32 Å². The lowest BCUT2D eigenvalue weighted by atomic mass is 9.80. The quantitative estimate of drug-likeness (QED) is 0.832. The zero-order chi connectivity index (χ0) is 17.2. The van der Waals surface area contributed by atoms with E-state index in [9.17, 15) is 22.8 Å². The molecule has 1 aliphatic carbocycles. The molecule has 5 nitrogen and oxygen atoms in total. The number of carbonyl (C=O) groups is 2. The predicted octanol–water partition coefficient (Wildman–Crippen LogP) is 2.72. The number of alkyl halides is 3. The number of rotatable bonds is 3. The molecule has 2 fully saturated rings. The lowest BCUT2D eigenvalue weighted by molar-refractivity contribution is -0.187. The summed E-state index contributed by atoms with van der Waals surface area (Å²) < 4.78 is 38.7. The van der Waals surface area contributed by atoms with Gasteiger partial charge < -0.3 is 15.3 Å². The van der Waals surface area contributed by atoms with Gasteiger partial charge in [0.1, 0.15) is 0 Å². The van der Waals surface area contributed by atoms with Crippen LogP contribution in [0.1, 0.15) is 32.6 Å². The van der Waals surface area contributed by atoms with Crippen molar-refractivity contribution in [3.63, 3.8) is 0 Å². The SMILES string of the molecule is CC1CCCCC1CNC(=O)N1C[C@@H](C(F)(F)F)[C@H](C(=O)O)C1. The second-order valence-electron chi connectivity index (χ2n) is 6.71. The molecule has 0 aromatic carbocycles. The summed E-state index contributed by atoms with van der Waals surface area (Å²) in [5.41, 5.74) is 0. The molecule has 8 heteroatoms. The Labute approximate surface area is 133 Å². The van der Waals surface area contributed by atoms with Crippen molar-refractivity contribution >= 4 is 12.0 Å². The fraction of sp³-hybridized carbons (Fsp3) is 0.867. The molecule has 2 rings (SSSR count). The number of carboxylic acids is 1. The highest BCUT2D eigenvalue weighted by molar-refractivity contribution is 5.77. The minimum Gasteiger partial charge on any atom is -0.481 e. The Morgan fingerprint density at radius 2 is 1.87 bits per heavy atom. The molecule has 132 valence electrons. The summed E-state index contributed by atoms with van der Waals surface area (Å²) in [6.45, 7) is 1.56. The number of urea groups is 1. The minimum atomic E-state index is -4.62. The highest BCUT2D eigenvalue weighted by atomic mass is 19.4. The summed E-state index contributed by atoms with van der Waals surface area (Å²) in [6.07, 6.45) is -0.237. The van der Waals surface area contributed by atoms with Crippen LogP contribution in [0.5, 0.6) is 0 Å². The van der Waals surface area contributed by atoms with Crippen molar-refractivity contribution in [3.8, 4) is 0 Å². The van der Waals surface area contributed by atoms with Crippen molar-refractivity contribution in [2.24, 2.45) is 23.7 Å². The van der Waals surface area contributed by atoms with Gasteiger partial charge in [-0.1, -0.05) is 26.2 Å². The van der Waals surface area contributed by atoms with E-state index in [0.29, 0.717) is 18.4 Å². The van der Waals surface area contributed by atoms with Crippen LogP contribution in [0.15, 0.2) is 0 Å². The maximum atomic E-state index is 12.9. The third kappa shape index (κ3) is 4.29. The topological polar surface area (TPSA) is 69.6 Å². The molecule has 1 saturated heterocycles. The number of aliphatic carboxylic acids is 1. The summed E-state index contributed by atoms with van der Waals surface area (Å²) in [5, 5.41) is 11.6. The summed E-state index contributed by atoms with van der Waals surface area (Å²) in [6, 6.07) is -0.597. The number of hydrogen-bond donors (Lipinski definition) is 2. The summed E-state index contributed by atoms with van der Waals surface area (Å²) >= 11 is 0. The Morgan fingerprint density at radius 3 is 2.39 bits per heavy atom. The number of likely N-dealkylation sites (tertiary alicyclic amines) is 1. The van der Waals surface area contributed by atoms with Crippen LogP contribution in [0.25, 0.3) is 0 Å². The van der Waals surface area contributed by atoms with E-state index in [1.807, 2.05) is 0 Å². The zero-order valence-corrected chi connectivity index (χ0v) is 13.1. The molecule has 4 atom stereocenters. The molecule has 2 unspecified atom stereocenters. The molecular weight excluding hydrogens is 313 g/mol. The maximum Gasteiger partial charge on any atom is 0.394 e. The van der Waals surface area contributed by atoms with Gasteiger partial charge in [0.2, 0.25) is 0 Å². The molecule has 0 bridgehead atoms. The van der Waals surface area contributed by atoms with E-state index < -0.39 is 43.1 Å². The van der Waals surface area contributed by atoms with Gasteiger partial charge in [0.05, 0.1) is 11.8 Å². The zero-order valence-electron chi connectivity index (χ0n) is 13.1. The van der Waals surface area contributed by atoms with Crippen molar-refractivity contribution in [2.75, 3.05) is 19.6 Å². The van der Waals surface area contributed by atoms with Crippen molar-refractivity contribution in [1.82, 2.24) is 10.2 Å². The van der Waals surface area contributed by atoms with Crippen LogP contribution in [0.4, 0.5) is 18.0 Å². The number of nitrogens with one attached hydrogen (secondary N) is 1. The van der Waals surface area contributed by atoms with Gasteiger partial charge in [-0.25, -0.2) is 4.79 Å². The molecule has 0 spiro atoms. The number of amides is 2. The van der Waals surface area contributed by atoms with Crippen molar-refractivity contribution < 1.29 is 27.9 Å². The van der Waals surface area contributed by atoms with Crippen LogP contribution >= 0.6 is 0 Å². The first-order chi connectivity index (χ1) is 10.7. The van der Waals surface area contributed by atoms with E-state index in [2.05, 4.69) is 12.2 Å². The summed E-state index contributed by atoms with van der Waals surface area (Å²) in [4.78, 5) is 24.1. The third-order valence-electron chi connectivity index (χ3n) is 5.15. The van der Waals surface area contributed by atoms with Crippen LogP contribution in [0.2, 0.25) is 0 Å². The first kappa shape index (κ1) is 17.9. The Balaban J connectivity index is 1.91. The molecule has 2 amide bonds. The smallest absolute Gasteiger partial charge is 0.394 e. The molecule has 1 saturated carbocycles. The molecular formula is C15H23F3N2O3. The number of halogens is 3. The second kappa shape index (κ2) is 6.97. The van der Waals surface area contributed by atoms with Gasteiger partial charge in [0.15, 0.2) is 0 Å². The van der Waals surface area contributed by atoms with Crippen LogP contribution in [0.3, 0.4) is 0 Å². The molecule has 0 aromatic rings. The number of nitrogens with zero attached hydrogens (tertiary/aromatic N) is 1. The summed E-state index contributed by atoms with van der Waals surface area (Å²) in [5.74, 6) is -4.28. The lowest BCUT2D eigenvalue weighted by Gasteiger charge is -2.29. The fourth-order valence-corrected chi connectivity index (χ4v) is 3.58. The van der Waals surface area contributed by atoms with Crippen molar-refractivity contribution in [2.45, 2.75) is 38.8 Å². The van der Waals surface area contributed by atoms with Gasteiger partial charge in [-0.15, -0.1) is 0 Å². The average Bonchev–Trinajstić information content (AvgIpc) is 2.91. The standard InChI is InChI=1S/C15H23F3N2O3/c1-9-4-2-3-5-10(9)6-19-14(23)20-7-11(13(21)22)12(8-20)15(16,17)18/h9-12H,2-8H2,1H3,(H,19,23)(H,21,22)/t9?,10?,11-,12-/m1/s1. The van der Waals surface area contributed by atoms with Gasteiger partial charge >= 0.3 is 18.2 Å². The first-order valence-electron chi connectivity index (χ1n) is 8.02. The fourth-order valence-electron chi connectivity index (χ4n) is 3.58. The second-order valence-corrected chi connectivity index (χ2v) is 6.71. The maximum absolute atomic E-state index is 12.9. The third-order valence-corrected chi connectivity index (χ3v) is 5.15. The Hall–Kier alpha value is -1.47. The van der Waals surface area contributed by atoms with Crippen LogP contribution in [-0.4, -0.2) is 47.8 Å². The minimum absolute atomic E-state index is 0.337. The Morgan fingerprint density at radius 1 is 1.22 bits per heavy atom. The van der Waals surface area contributed by atoms with Gasteiger partial charge in [-0.05, 0) is 18.3 Å². The Kier molecular flexibility index (Phi) is 5.41. The van der Waals surface area contributed by atoms with E-state index >= 15 is 0 Å². The predicted molar refractivity (Wildman–Crippen MR) is 76.8 cm³/mol. The van der Waals surface area contributed by atoms with Gasteiger partial charge in [-0.2, -0.15) is 13.2 Å². The monoisotopic (exact) mass is 336 g/mol. The number of hydrogen-bond acceptors (Lipinski definition) is 2. The van der Waals surface area contributed by atoms with Crippen LogP contribution in [-0.2, 0) is 4.79 Å². The molecule has 2 N–H and O–H groups in total. The lowest BCUT2D eigenvalue weighted by Crippen LogP contribution is -2.42. The Bertz CT molecular complexity index is 456. The van der Waals surface area contributed by atoms with E-state index in [0.717, 1.165) is 24.2 Å². The highest BCUT2D eigenvalue weighted by Gasteiger charge is 2.53. The van der Waals surface area contributed by atoms with E-state index in [4.69, 9.17) is 5.11 Å². The van der Waals surface area contributed by atoms with Crippen LogP contribution in [0, 0.1) is 23.7 Å². The first-order valence-corrected chi connectivity index (χ1v) is 8.02. The normalized spacial score (nSPS) is 31.9. The van der Waals surface area contributed by atoms with E-state index in [1.165, 1.54) is 6.42 Å². The number of carbonyl (C=O) groups excluding carboxylic acids is 1. The molecule has 23 heavy (non-hydrogen) atoms. The van der Waals surface area contributed by atoms with Gasteiger partial charge in [0, 0.05) is 19.6 Å². The highest BCUT2D eigenvalue weighted by Crippen LogP contribution is 2.37. The molecule has 2 aliphatic rings.